The second-order valence-electron chi connectivity index (χ2n) is 3.31. The van der Waals surface area contributed by atoms with Crippen molar-refractivity contribution in [3.05, 3.63) is 12.2 Å². The van der Waals surface area contributed by atoms with E-state index in [1.165, 1.54) is 0 Å². The summed E-state index contributed by atoms with van der Waals surface area (Å²) in [6.07, 6.45) is 1.92. The smallest absolute Gasteiger partial charge is 0.264 e. The summed E-state index contributed by atoms with van der Waals surface area (Å²) in [5.74, 6) is -0.184. The van der Waals surface area contributed by atoms with Crippen molar-refractivity contribution in [3.63, 3.8) is 0 Å². The van der Waals surface area contributed by atoms with E-state index in [2.05, 4.69) is 6.58 Å². The molecule has 0 spiro atoms. The molecule has 0 bridgehead atoms. The normalized spacial score (nSPS) is 11.6. The summed E-state index contributed by atoms with van der Waals surface area (Å²) in [4.78, 5) is 0. The Morgan fingerprint density at radius 1 is 1.36 bits per heavy atom. The highest BCUT2D eigenvalue weighted by molar-refractivity contribution is 7.85. The van der Waals surface area contributed by atoms with Crippen LogP contribution in [0.15, 0.2) is 12.2 Å². The highest BCUT2D eigenvalue weighted by Crippen LogP contribution is 1.98. The second-order valence-corrected chi connectivity index (χ2v) is 4.88. The molecule has 0 fully saturated rings. The Hall–Kier alpha value is -0.390. The Bertz CT molecular complexity index is 256. The zero-order valence-corrected chi connectivity index (χ0v) is 9.35. The summed E-state index contributed by atoms with van der Waals surface area (Å²) in [5.41, 5.74) is 1.07. The molecular weight excluding hydrogens is 204 g/mol. The van der Waals surface area contributed by atoms with Gasteiger partial charge in [0.25, 0.3) is 10.1 Å². The lowest BCUT2D eigenvalue weighted by atomic mass is 10.3. The Morgan fingerprint density at radius 2 is 2.00 bits per heavy atom. The Balaban J connectivity index is 3.19. The molecule has 0 aliphatic carbocycles. The monoisotopic (exact) mass is 222 g/mol. The summed E-state index contributed by atoms with van der Waals surface area (Å²) in [6, 6.07) is 0. The minimum Gasteiger partial charge on any atom is -0.381 e. The van der Waals surface area contributed by atoms with E-state index in [0.717, 1.165) is 12.0 Å². The van der Waals surface area contributed by atoms with Crippen molar-refractivity contribution in [2.24, 2.45) is 0 Å². The molecule has 0 aromatic heterocycles. The molecule has 0 atom stereocenters. The summed E-state index contributed by atoms with van der Waals surface area (Å²) >= 11 is 0. The molecule has 0 radical (unpaired) electrons. The van der Waals surface area contributed by atoms with Crippen LogP contribution in [0, 0.1) is 0 Å². The fourth-order valence-corrected chi connectivity index (χ4v) is 1.41. The van der Waals surface area contributed by atoms with E-state index in [-0.39, 0.29) is 5.75 Å². The molecule has 1 N–H and O–H groups in total. The van der Waals surface area contributed by atoms with Gasteiger partial charge in [0.15, 0.2) is 0 Å². The lowest BCUT2D eigenvalue weighted by Gasteiger charge is -2.03. The fourth-order valence-electron chi connectivity index (χ4n) is 0.837. The van der Waals surface area contributed by atoms with Gasteiger partial charge in [0.05, 0.1) is 12.4 Å². The highest BCUT2D eigenvalue weighted by atomic mass is 32.2. The lowest BCUT2D eigenvalue weighted by molar-refractivity contribution is 0.134. The SMILES string of the molecule is C=C(C)CCOCCCCS(=O)(=O)O. The van der Waals surface area contributed by atoms with E-state index in [4.69, 9.17) is 9.29 Å². The Kier molecular flexibility index (Phi) is 6.78. The molecule has 0 saturated heterocycles. The van der Waals surface area contributed by atoms with Gasteiger partial charge in [0.2, 0.25) is 0 Å². The molecule has 0 heterocycles. The van der Waals surface area contributed by atoms with Crippen LogP contribution < -0.4 is 0 Å². The quantitative estimate of drug-likeness (QED) is 0.385. The van der Waals surface area contributed by atoms with E-state index < -0.39 is 10.1 Å². The van der Waals surface area contributed by atoms with Crippen molar-refractivity contribution >= 4 is 10.1 Å². The first-order valence-corrected chi connectivity index (χ1v) is 6.20. The van der Waals surface area contributed by atoms with Crippen LogP contribution in [0.5, 0.6) is 0 Å². The molecule has 0 aromatic carbocycles. The molecule has 84 valence electrons. The second kappa shape index (κ2) is 6.98. The van der Waals surface area contributed by atoms with E-state index in [1.807, 2.05) is 6.92 Å². The van der Waals surface area contributed by atoms with Crippen molar-refractivity contribution in [1.29, 1.82) is 0 Å². The number of hydrogen-bond acceptors (Lipinski definition) is 3. The molecule has 0 unspecified atom stereocenters. The molecule has 0 rings (SSSR count). The molecule has 4 nitrogen and oxygen atoms in total. The molecule has 0 amide bonds. The Labute approximate surface area is 85.7 Å². The minimum absolute atomic E-state index is 0.184. The van der Waals surface area contributed by atoms with Gasteiger partial charge >= 0.3 is 0 Å². The Morgan fingerprint density at radius 3 is 2.50 bits per heavy atom. The third kappa shape index (κ3) is 11.6. The summed E-state index contributed by atoms with van der Waals surface area (Å²) in [5, 5.41) is 0. The zero-order valence-electron chi connectivity index (χ0n) is 8.53. The molecule has 0 aliphatic heterocycles. The summed E-state index contributed by atoms with van der Waals surface area (Å²) in [6.45, 7) is 6.82. The minimum atomic E-state index is -3.80. The zero-order chi connectivity index (χ0) is 11.0. The van der Waals surface area contributed by atoms with Crippen LogP contribution in [0.4, 0.5) is 0 Å². The first-order chi connectivity index (χ1) is 6.42. The van der Waals surface area contributed by atoms with Crippen molar-refractivity contribution in [2.45, 2.75) is 26.2 Å². The van der Waals surface area contributed by atoms with Gasteiger partial charge in [-0.3, -0.25) is 4.55 Å². The van der Waals surface area contributed by atoms with Gasteiger partial charge < -0.3 is 4.74 Å². The van der Waals surface area contributed by atoms with Crippen LogP contribution in [0.25, 0.3) is 0 Å². The van der Waals surface area contributed by atoms with Crippen LogP contribution >= 0.6 is 0 Å². The van der Waals surface area contributed by atoms with Crippen LogP contribution in [0.2, 0.25) is 0 Å². The maximum Gasteiger partial charge on any atom is 0.264 e. The molecule has 0 aromatic rings. The lowest BCUT2D eigenvalue weighted by Crippen LogP contribution is -2.05. The summed E-state index contributed by atoms with van der Waals surface area (Å²) < 4.78 is 34.3. The molecule has 5 heteroatoms. The first-order valence-electron chi connectivity index (χ1n) is 4.59. The van der Waals surface area contributed by atoms with Gasteiger partial charge in [-0.15, -0.1) is 6.58 Å². The predicted molar refractivity (Wildman–Crippen MR) is 55.9 cm³/mol. The third-order valence-corrected chi connectivity index (χ3v) is 2.42. The number of unbranched alkanes of at least 4 members (excludes halogenated alkanes) is 1. The van der Waals surface area contributed by atoms with Crippen molar-refractivity contribution in [2.75, 3.05) is 19.0 Å². The maximum absolute atomic E-state index is 10.3. The van der Waals surface area contributed by atoms with Gasteiger partial charge in [-0.25, -0.2) is 0 Å². The first kappa shape index (κ1) is 13.6. The highest BCUT2D eigenvalue weighted by Gasteiger charge is 2.02. The van der Waals surface area contributed by atoms with Crippen LogP contribution in [-0.2, 0) is 14.9 Å². The van der Waals surface area contributed by atoms with E-state index in [9.17, 15) is 8.42 Å². The molecule has 0 aliphatic rings. The number of hydrogen-bond donors (Lipinski definition) is 1. The van der Waals surface area contributed by atoms with Crippen LogP contribution in [-0.4, -0.2) is 31.9 Å². The molecular formula is C9H18O4S. The van der Waals surface area contributed by atoms with Crippen molar-refractivity contribution in [1.82, 2.24) is 0 Å². The van der Waals surface area contributed by atoms with E-state index >= 15 is 0 Å². The van der Waals surface area contributed by atoms with Gasteiger partial charge in [-0.1, -0.05) is 5.57 Å². The topological polar surface area (TPSA) is 63.6 Å². The number of rotatable bonds is 8. The van der Waals surface area contributed by atoms with E-state index in [0.29, 0.717) is 26.1 Å². The maximum atomic E-state index is 10.3. The summed E-state index contributed by atoms with van der Waals surface area (Å²) in [7, 11) is -3.80. The fraction of sp³-hybridized carbons (Fsp3) is 0.778. The largest absolute Gasteiger partial charge is 0.381 e. The van der Waals surface area contributed by atoms with Gasteiger partial charge in [-0.05, 0) is 26.2 Å². The average molecular weight is 222 g/mol. The van der Waals surface area contributed by atoms with Gasteiger partial charge in [0, 0.05) is 6.61 Å². The van der Waals surface area contributed by atoms with Crippen LogP contribution in [0.3, 0.4) is 0 Å². The third-order valence-electron chi connectivity index (χ3n) is 1.61. The van der Waals surface area contributed by atoms with E-state index in [1.54, 1.807) is 0 Å². The predicted octanol–water partition coefficient (Wildman–Crippen LogP) is 1.64. The average Bonchev–Trinajstić information content (AvgIpc) is 2.00. The molecule has 0 saturated carbocycles. The van der Waals surface area contributed by atoms with Gasteiger partial charge in [0.1, 0.15) is 0 Å². The number of ether oxygens (including phenoxy) is 1. The van der Waals surface area contributed by atoms with Crippen molar-refractivity contribution in [3.8, 4) is 0 Å². The standard InChI is InChI=1S/C9H18O4S/c1-9(2)5-7-13-6-3-4-8-14(10,11)12/h1,3-8H2,2H3,(H,10,11,12). The molecule has 14 heavy (non-hydrogen) atoms. The van der Waals surface area contributed by atoms with Crippen molar-refractivity contribution < 1.29 is 17.7 Å². The van der Waals surface area contributed by atoms with Crippen LogP contribution in [0.1, 0.15) is 26.2 Å². The van der Waals surface area contributed by atoms with Gasteiger partial charge in [-0.2, -0.15) is 8.42 Å².